The number of rotatable bonds is 4. The molecule has 1 fully saturated rings. The Labute approximate surface area is 125 Å². The third-order valence-electron chi connectivity index (χ3n) is 4.27. The van der Waals surface area contributed by atoms with Gasteiger partial charge in [-0.3, -0.25) is 0 Å². The first-order valence-corrected chi connectivity index (χ1v) is 8.74. The maximum Gasteiger partial charge on any atom is 0.0387 e. The molecule has 0 heterocycles. The van der Waals surface area contributed by atoms with Crippen molar-refractivity contribution in [2.75, 3.05) is 5.75 Å². The van der Waals surface area contributed by atoms with Crippen LogP contribution in [0.2, 0.25) is 0 Å². The predicted molar refractivity (Wildman–Crippen MR) is 90.2 cm³/mol. The highest BCUT2D eigenvalue weighted by atomic mass is 32.2. The summed E-state index contributed by atoms with van der Waals surface area (Å²) < 4.78 is 0. The first-order chi connectivity index (χ1) is 9.83. The summed E-state index contributed by atoms with van der Waals surface area (Å²) in [6.07, 6.45) is 7.00. The fraction of sp³-hybridized carbons (Fsp3) is 0.444. The Morgan fingerprint density at radius 3 is 2.55 bits per heavy atom. The van der Waals surface area contributed by atoms with Gasteiger partial charge in [0.1, 0.15) is 0 Å². The molecule has 2 heteroatoms. The Morgan fingerprint density at radius 2 is 1.75 bits per heavy atom. The maximum atomic E-state index is 6.38. The zero-order valence-corrected chi connectivity index (χ0v) is 12.7. The number of thioether (sulfide) groups is 1. The van der Waals surface area contributed by atoms with Crippen molar-refractivity contribution >= 4 is 22.5 Å². The Hall–Kier alpha value is -0.990. The van der Waals surface area contributed by atoms with Crippen molar-refractivity contribution in [3.63, 3.8) is 0 Å². The molecule has 1 nitrogen and oxygen atoms in total. The lowest BCUT2D eigenvalue weighted by atomic mass is 10.0. The normalized spacial score (nSPS) is 18.2. The smallest absolute Gasteiger partial charge is 0.0387 e. The Balaban J connectivity index is 1.64. The molecule has 106 valence electrons. The first-order valence-electron chi connectivity index (χ1n) is 7.69. The van der Waals surface area contributed by atoms with Gasteiger partial charge in [0.05, 0.1) is 0 Å². The minimum absolute atomic E-state index is 0.159. The molecule has 2 aromatic rings. The van der Waals surface area contributed by atoms with E-state index in [9.17, 15) is 0 Å². The number of benzene rings is 2. The lowest BCUT2D eigenvalue weighted by Crippen LogP contribution is -2.17. The second kappa shape index (κ2) is 6.64. The molecule has 2 aromatic carbocycles. The summed E-state index contributed by atoms with van der Waals surface area (Å²) in [5.74, 6) is 1.04. The summed E-state index contributed by atoms with van der Waals surface area (Å²) in [4.78, 5) is 0. The molecular formula is C18H23NS. The molecule has 1 atom stereocenters. The lowest BCUT2D eigenvalue weighted by molar-refractivity contribution is 0.515. The van der Waals surface area contributed by atoms with Gasteiger partial charge in [-0.25, -0.2) is 0 Å². The SMILES string of the molecule is NC(CSC1CCCCC1)c1ccc2ccccc2c1. The van der Waals surface area contributed by atoms with Crippen LogP contribution in [0.4, 0.5) is 0 Å². The van der Waals surface area contributed by atoms with Crippen molar-refractivity contribution in [1.29, 1.82) is 0 Å². The quantitative estimate of drug-likeness (QED) is 0.864. The number of nitrogens with two attached hydrogens (primary N) is 1. The standard InChI is InChI=1S/C18H23NS/c19-18(13-20-17-8-2-1-3-9-17)16-11-10-14-6-4-5-7-15(14)12-16/h4-7,10-12,17-18H,1-3,8-9,13,19H2. The molecule has 1 aliphatic rings. The van der Waals surface area contributed by atoms with Crippen LogP contribution < -0.4 is 5.73 Å². The molecule has 0 saturated heterocycles. The van der Waals surface area contributed by atoms with E-state index in [1.807, 2.05) is 0 Å². The number of fused-ring (bicyclic) bond motifs is 1. The second-order valence-corrected chi connectivity index (χ2v) is 7.14. The third-order valence-corrected chi connectivity index (χ3v) is 5.76. The van der Waals surface area contributed by atoms with Crippen LogP contribution in [0.15, 0.2) is 42.5 Å². The van der Waals surface area contributed by atoms with Gasteiger partial charge >= 0.3 is 0 Å². The summed E-state index contributed by atoms with van der Waals surface area (Å²) in [6, 6.07) is 15.3. The minimum atomic E-state index is 0.159. The average Bonchev–Trinajstić information content (AvgIpc) is 2.53. The molecule has 2 N–H and O–H groups in total. The van der Waals surface area contributed by atoms with Gasteiger partial charge < -0.3 is 5.73 Å². The average molecular weight is 285 g/mol. The Kier molecular flexibility index (Phi) is 4.64. The van der Waals surface area contributed by atoms with Crippen LogP contribution in [0.3, 0.4) is 0 Å². The van der Waals surface area contributed by atoms with Crippen LogP contribution >= 0.6 is 11.8 Å². The molecule has 0 bridgehead atoms. The van der Waals surface area contributed by atoms with E-state index in [4.69, 9.17) is 5.73 Å². The van der Waals surface area contributed by atoms with Gasteiger partial charge in [0.25, 0.3) is 0 Å². The van der Waals surface area contributed by atoms with E-state index in [1.165, 1.54) is 48.4 Å². The number of hydrogen-bond donors (Lipinski definition) is 1. The van der Waals surface area contributed by atoms with Crippen LogP contribution in [-0.4, -0.2) is 11.0 Å². The lowest BCUT2D eigenvalue weighted by Gasteiger charge is -2.22. The molecule has 1 aliphatic carbocycles. The van der Waals surface area contributed by atoms with E-state index >= 15 is 0 Å². The molecule has 1 unspecified atom stereocenters. The van der Waals surface area contributed by atoms with E-state index in [1.54, 1.807) is 0 Å². The Bertz CT molecular complexity index is 560. The summed E-state index contributed by atoms with van der Waals surface area (Å²) in [7, 11) is 0. The van der Waals surface area contributed by atoms with Gasteiger partial charge in [-0.05, 0) is 35.2 Å². The van der Waals surface area contributed by atoms with E-state index in [2.05, 4.69) is 54.2 Å². The zero-order chi connectivity index (χ0) is 13.8. The summed E-state index contributed by atoms with van der Waals surface area (Å²) >= 11 is 2.08. The summed E-state index contributed by atoms with van der Waals surface area (Å²) in [5.41, 5.74) is 7.65. The number of hydrogen-bond acceptors (Lipinski definition) is 2. The van der Waals surface area contributed by atoms with Gasteiger partial charge in [-0.2, -0.15) is 11.8 Å². The third kappa shape index (κ3) is 3.36. The largest absolute Gasteiger partial charge is 0.323 e. The van der Waals surface area contributed by atoms with Gasteiger partial charge in [0.2, 0.25) is 0 Å². The highest BCUT2D eigenvalue weighted by molar-refractivity contribution is 7.99. The molecule has 0 aliphatic heterocycles. The monoisotopic (exact) mass is 285 g/mol. The molecule has 0 aromatic heterocycles. The van der Waals surface area contributed by atoms with E-state index < -0.39 is 0 Å². The fourth-order valence-corrected chi connectivity index (χ4v) is 4.34. The summed E-state index contributed by atoms with van der Waals surface area (Å²) in [6.45, 7) is 0. The molecule has 0 amide bonds. The zero-order valence-electron chi connectivity index (χ0n) is 11.9. The molecule has 0 radical (unpaired) electrons. The molecular weight excluding hydrogens is 262 g/mol. The Morgan fingerprint density at radius 1 is 1.00 bits per heavy atom. The van der Waals surface area contributed by atoms with Crippen LogP contribution in [-0.2, 0) is 0 Å². The van der Waals surface area contributed by atoms with Gasteiger partial charge in [-0.1, -0.05) is 55.7 Å². The summed E-state index contributed by atoms with van der Waals surface area (Å²) in [5, 5.41) is 3.43. The van der Waals surface area contributed by atoms with Crippen molar-refractivity contribution in [2.24, 2.45) is 5.73 Å². The van der Waals surface area contributed by atoms with Crippen molar-refractivity contribution in [3.05, 3.63) is 48.0 Å². The van der Waals surface area contributed by atoms with Crippen LogP contribution in [0.1, 0.15) is 43.7 Å². The molecule has 0 spiro atoms. The van der Waals surface area contributed by atoms with E-state index in [0.717, 1.165) is 11.0 Å². The highest BCUT2D eigenvalue weighted by Gasteiger charge is 2.15. The highest BCUT2D eigenvalue weighted by Crippen LogP contribution is 2.31. The molecule has 3 rings (SSSR count). The maximum absolute atomic E-state index is 6.38. The van der Waals surface area contributed by atoms with E-state index in [-0.39, 0.29) is 6.04 Å². The van der Waals surface area contributed by atoms with Crippen molar-refractivity contribution in [3.8, 4) is 0 Å². The van der Waals surface area contributed by atoms with Crippen molar-refractivity contribution < 1.29 is 0 Å². The van der Waals surface area contributed by atoms with Crippen LogP contribution in [0, 0.1) is 0 Å². The van der Waals surface area contributed by atoms with Crippen molar-refractivity contribution in [2.45, 2.75) is 43.4 Å². The molecule has 1 saturated carbocycles. The minimum Gasteiger partial charge on any atom is -0.323 e. The van der Waals surface area contributed by atoms with E-state index in [0.29, 0.717) is 0 Å². The van der Waals surface area contributed by atoms with Crippen LogP contribution in [0.25, 0.3) is 10.8 Å². The predicted octanol–water partition coefficient (Wildman–Crippen LogP) is 4.91. The molecule has 20 heavy (non-hydrogen) atoms. The topological polar surface area (TPSA) is 26.0 Å². The fourth-order valence-electron chi connectivity index (χ4n) is 3.01. The van der Waals surface area contributed by atoms with Crippen LogP contribution in [0.5, 0.6) is 0 Å². The first kappa shape index (κ1) is 14.0. The van der Waals surface area contributed by atoms with Crippen molar-refractivity contribution in [1.82, 2.24) is 0 Å². The van der Waals surface area contributed by atoms with Gasteiger partial charge in [0.15, 0.2) is 0 Å². The van der Waals surface area contributed by atoms with Gasteiger partial charge in [-0.15, -0.1) is 0 Å². The van der Waals surface area contributed by atoms with Gasteiger partial charge in [0, 0.05) is 17.0 Å². The second-order valence-electron chi connectivity index (χ2n) is 5.81.